The highest BCUT2D eigenvalue weighted by Crippen LogP contribution is 2.20. The molecular weight excluding hydrogens is 224 g/mol. The second-order valence-electron chi connectivity index (χ2n) is 4.16. The van der Waals surface area contributed by atoms with Crippen molar-refractivity contribution in [3.63, 3.8) is 0 Å². The Balaban J connectivity index is 2.22. The monoisotopic (exact) mass is 246 g/mol. The van der Waals surface area contributed by atoms with Crippen LogP contribution in [0.25, 0.3) is 0 Å². The van der Waals surface area contributed by atoms with Gasteiger partial charge in [0, 0.05) is 20.1 Å². The maximum Gasteiger partial charge on any atom is 0.251 e. The van der Waals surface area contributed by atoms with Gasteiger partial charge in [0.15, 0.2) is 0 Å². The number of hydrogen-bond donors (Lipinski definition) is 2. The SMILES string of the molecule is CN(CCOCCO)C(=O)C1CCC(CN)O1. The van der Waals surface area contributed by atoms with Gasteiger partial charge in [-0.1, -0.05) is 0 Å². The predicted octanol–water partition coefficient (Wildman–Crippen LogP) is -1.04. The summed E-state index contributed by atoms with van der Waals surface area (Å²) < 4.78 is 10.6. The van der Waals surface area contributed by atoms with Gasteiger partial charge < -0.3 is 25.2 Å². The van der Waals surface area contributed by atoms with Crippen LogP contribution in [0.2, 0.25) is 0 Å². The number of ether oxygens (including phenoxy) is 2. The summed E-state index contributed by atoms with van der Waals surface area (Å²) in [5, 5.41) is 8.53. The van der Waals surface area contributed by atoms with Crippen molar-refractivity contribution < 1.29 is 19.4 Å². The fourth-order valence-electron chi connectivity index (χ4n) is 1.78. The molecule has 1 aliphatic heterocycles. The van der Waals surface area contributed by atoms with E-state index in [-0.39, 0.29) is 24.7 Å². The Labute approximate surface area is 102 Å². The molecule has 17 heavy (non-hydrogen) atoms. The molecule has 2 atom stereocenters. The standard InChI is InChI=1S/C11H22N2O4/c1-13(4-6-16-7-5-14)11(15)10-3-2-9(8-12)17-10/h9-10,14H,2-8,12H2,1H3. The highest BCUT2D eigenvalue weighted by Gasteiger charge is 2.31. The van der Waals surface area contributed by atoms with E-state index in [0.717, 1.165) is 12.8 Å². The smallest absolute Gasteiger partial charge is 0.251 e. The second kappa shape index (κ2) is 7.60. The first-order valence-corrected chi connectivity index (χ1v) is 5.98. The number of nitrogens with zero attached hydrogens (tertiary/aromatic N) is 1. The molecule has 0 aromatic heterocycles. The molecule has 1 amide bonds. The lowest BCUT2D eigenvalue weighted by Crippen LogP contribution is -2.38. The van der Waals surface area contributed by atoms with Crippen LogP contribution in [0.5, 0.6) is 0 Å². The molecule has 1 rings (SSSR count). The number of aliphatic hydroxyl groups is 1. The molecule has 6 nitrogen and oxygen atoms in total. The summed E-state index contributed by atoms with van der Waals surface area (Å²) >= 11 is 0. The largest absolute Gasteiger partial charge is 0.394 e. The summed E-state index contributed by atoms with van der Waals surface area (Å²) in [6, 6.07) is 0. The van der Waals surface area contributed by atoms with Crippen LogP contribution in [0.4, 0.5) is 0 Å². The number of aliphatic hydroxyl groups excluding tert-OH is 1. The van der Waals surface area contributed by atoms with Crippen LogP contribution in [-0.2, 0) is 14.3 Å². The number of hydrogen-bond acceptors (Lipinski definition) is 5. The molecule has 1 saturated heterocycles. The van der Waals surface area contributed by atoms with Crippen LogP contribution in [0.15, 0.2) is 0 Å². The third-order valence-corrected chi connectivity index (χ3v) is 2.83. The second-order valence-corrected chi connectivity index (χ2v) is 4.16. The van der Waals surface area contributed by atoms with E-state index in [1.807, 2.05) is 0 Å². The minimum absolute atomic E-state index is 0.00156. The van der Waals surface area contributed by atoms with E-state index in [4.69, 9.17) is 20.3 Å². The highest BCUT2D eigenvalue weighted by atomic mass is 16.5. The molecule has 2 unspecified atom stereocenters. The molecule has 0 bridgehead atoms. The Morgan fingerprint density at radius 1 is 1.53 bits per heavy atom. The summed E-state index contributed by atoms with van der Waals surface area (Å²) in [6.07, 6.45) is 1.25. The molecule has 1 heterocycles. The van der Waals surface area contributed by atoms with Gasteiger partial charge in [0.25, 0.3) is 5.91 Å². The van der Waals surface area contributed by atoms with Crippen molar-refractivity contribution in [2.24, 2.45) is 5.73 Å². The number of rotatable bonds is 7. The summed E-state index contributed by atoms with van der Waals surface area (Å²) in [6.45, 7) is 1.70. The van der Waals surface area contributed by atoms with Crippen LogP contribution < -0.4 is 5.73 Å². The Kier molecular flexibility index (Phi) is 6.43. The molecule has 0 aromatic rings. The van der Waals surface area contributed by atoms with Crippen LogP contribution in [0.3, 0.4) is 0 Å². The maximum atomic E-state index is 11.9. The molecule has 0 aromatic carbocycles. The van der Waals surface area contributed by atoms with Gasteiger partial charge in [-0.3, -0.25) is 4.79 Å². The minimum Gasteiger partial charge on any atom is -0.394 e. The Morgan fingerprint density at radius 2 is 2.29 bits per heavy atom. The number of carbonyl (C=O) groups is 1. The van der Waals surface area contributed by atoms with Crippen molar-refractivity contribution in [3.05, 3.63) is 0 Å². The quantitative estimate of drug-likeness (QED) is 0.560. The summed E-state index contributed by atoms with van der Waals surface area (Å²) in [5.41, 5.74) is 5.49. The van der Waals surface area contributed by atoms with E-state index in [9.17, 15) is 4.79 Å². The molecule has 6 heteroatoms. The van der Waals surface area contributed by atoms with Crippen LogP contribution >= 0.6 is 0 Å². The van der Waals surface area contributed by atoms with E-state index in [1.165, 1.54) is 0 Å². The zero-order valence-electron chi connectivity index (χ0n) is 10.3. The van der Waals surface area contributed by atoms with E-state index < -0.39 is 0 Å². The predicted molar refractivity (Wildman–Crippen MR) is 62.5 cm³/mol. The van der Waals surface area contributed by atoms with Gasteiger partial charge in [0.2, 0.25) is 0 Å². The number of carbonyl (C=O) groups excluding carboxylic acids is 1. The van der Waals surface area contributed by atoms with Gasteiger partial charge in [-0.15, -0.1) is 0 Å². The van der Waals surface area contributed by atoms with E-state index >= 15 is 0 Å². The molecule has 0 saturated carbocycles. The molecule has 0 spiro atoms. The highest BCUT2D eigenvalue weighted by molar-refractivity contribution is 5.80. The van der Waals surface area contributed by atoms with Crippen molar-refractivity contribution in [3.8, 4) is 0 Å². The average molecular weight is 246 g/mol. The molecule has 3 N–H and O–H groups in total. The van der Waals surface area contributed by atoms with Crippen LogP contribution in [-0.4, -0.2) is 68.1 Å². The van der Waals surface area contributed by atoms with Crippen molar-refractivity contribution >= 4 is 5.91 Å². The molecule has 0 aliphatic carbocycles. The minimum atomic E-state index is -0.355. The van der Waals surface area contributed by atoms with Crippen LogP contribution in [0, 0.1) is 0 Å². The number of likely N-dealkylation sites (N-methyl/N-ethyl adjacent to an activating group) is 1. The Morgan fingerprint density at radius 3 is 2.88 bits per heavy atom. The fraction of sp³-hybridized carbons (Fsp3) is 0.909. The third kappa shape index (κ3) is 4.59. The van der Waals surface area contributed by atoms with Gasteiger partial charge >= 0.3 is 0 Å². The van der Waals surface area contributed by atoms with Crippen molar-refractivity contribution in [1.29, 1.82) is 0 Å². The molecule has 1 fully saturated rings. The van der Waals surface area contributed by atoms with Gasteiger partial charge in [-0.25, -0.2) is 0 Å². The van der Waals surface area contributed by atoms with Gasteiger partial charge in [-0.2, -0.15) is 0 Å². The zero-order valence-corrected chi connectivity index (χ0v) is 10.3. The lowest BCUT2D eigenvalue weighted by molar-refractivity contribution is -0.142. The first kappa shape index (κ1) is 14.4. The summed E-state index contributed by atoms with van der Waals surface area (Å²) in [4.78, 5) is 13.5. The summed E-state index contributed by atoms with van der Waals surface area (Å²) in [5.74, 6) is -0.0199. The van der Waals surface area contributed by atoms with E-state index in [1.54, 1.807) is 11.9 Å². The van der Waals surface area contributed by atoms with Gasteiger partial charge in [0.1, 0.15) is 6.10 Å². The summed E-state index contributed by atoms with van der Waals surface area (Å²) in [7, 11) is 1.73. The molecular formula is C11H22N2O4. The normalized spacial score (nSPS) is 23.9. The zero-order chi connectivity index (χ0) is 12.7. The topological polar surface area (TPSA) is 85.0 Å². The molecule has 1 aliphatic rings. The third-order valence-electron chi connectivity index (χ3n) is 2.83. The Hall–Kier alpha value is -0.690. The van der Waals surface area contributed by atoms with E-state index in [2.05, 4.69) is 0 Å². The van der Waals surface area contributed by atoms with Crippen molar-refractivity contribution in [2.75, 3.05) is 40.0 Å². The first-order valence-electron chi connectivity index (χ1n) is 5.98. The fourth-order valence-corrected chi connectivity index (χ4v) is 1.78. The lowest BCUT2D eigenvalue weighted by atomic mass is 10.2. The lowest BCUT2D eigenvalue weighted by Gasteiger charge is -2.21. The first-order chi connectivity index (χ1) is 8.19. The van der Waals surface area contributed by atoms with Gasteiger partial charge in [-0.05, 0) is 12.8 Å². The Bertz CT molecular complexity index is 238. The molecule has 0 radical (unpaired) electrons. The number of amides is 1. The van der Waals surface area contributed by atoms with Crippen LogP contribution in [0.1, 0.15) is 12.8 Å². The maximum absolute atomic E-state index is 11.9. The van der Waals surface area contributed by atoms with Crippen molar-refractivity contribution in [2.45, 2.75) is 25.0 Å². The molecule has 100 valence electrons. The van der Waals surface area contributed by atoms with Gasteiger partial charge in [0.05, 0.1) is 25.9 Å². The van der Waals surface area contributed by atoms with E-state index in [0.29, 0.717) is 26.3 Å². The number of nitrogens with two attached hydrogens (primary N) is 1. The average Bonchev–Trinajstić information content (AvgIpc) is 2.82. The van der Waals surface area contributed by atoms with Crippen molar-refractivity contribution in [1.82, 2.24) is 4.90 Å².